The van der Waals surface area contributed by atoms with Crippen molar-refractivity contribution in [3.8, 4) is 23.1 Å². The summed E-state index contributed by atoms with van der Waals surface area (Å²) in [5.74, 6) is 7.80. The highest BCUT2D eigenvalue weighted by atomic mass is 16.5. The summed E-state index contributed by atoms with van der Waals surface area (Å²) in [5.41, 5.74) is 3.15. The molecule has 0 spiro atoms. The van der Waals surface area contributed by atoms with Gasteiger partial charge in [-0.1, -0.05) is 44.9 Å². The van der Waals surface area contributed by atoms with Crippen LogP contribution in [0.2, 0.25) is 0 Å². The van der Waals surface area contributed by atoms with Gasteiger partial charge < -0.3 is 44.4 Å². The van der Waals surface area contributed by atoms with Crippen molar-refractivity contribution in [3.63, 3.8) is 0 Å². The lowest BCUT2D eigenvalue weighted by molar-refractivity contribution is -0.140. The molecule has 15 atom stereocenters. The van der Waals surface area contributed by atoms with E-state index in [2.05, 4.69) is 90.5 Å². The second kappa shape index (κ2) is 20.5. The Kier molecular flexibility index (Phi) is 14.7. The van der Waals surface area contributed by atoms with Crippen LogP contribution in [0.25, 0.3) is 22.0 Å². The smallest absolute Gasteiger partial charge is 0.407 e. The van der Waals surface area contributed by atoms with Gasteiger partial charge in [-0.3, -0.25) is 9.59 Å². The number of imidazole rings is 2. The maximum absolute atomic E-state index is 14.7. The van der Waals surface area contributed by atoms with Crippen molar-refractivity contribution < 1.29 is 38.1 Å². The first-order valence-corrected chi connectivity index (χ1v) is 24.5. The van der Waals surface area contributed by atoms with Crippen LogP contribution in [0.4, 0.5) is 9.59 Å². The zero-order chi connectivity index (χ0) is 48.6. The van der Waals surface area contributed by atoms with Gasteiger partial charge in [0.25, 0.3) is 0 Å². The van der Waals surface area contributed by atoms with Crippen molar-refractivity contribution >= 4 is 34.6 Å². The summed E-state index contributed by atoms with van der Waals surface area (Å²) in [6, 6.07) is 10.5. The quantitative estimate of drug-likeness (QED) is 0.112. The third-order valence-corrected chi connectivity index (χ3v) is 15.5. The number of H-pyrrole nitrogens is 2. The minimum Gasteiger partial charge on any atom is -0.453 e. The van der Waals surface area contributed by atoms with Crippen LogP contribution in [0.1, 0.15) is 129 Å². The van der Waals surface area contributed by atoms with Crippen LogP contribution >= 0.6 is 0 Å². The van der Waals surface area contributed by atoms with Crippen LogP contribution in [0, 0.1) is 47.3 Å². The highest BCUT2D eigenvalue weighted by Gasteiger charge is 2.50. The van der Waals surface area contributed by atoms with Gasteiger partial charge in [0.1, 0.15) is 23.4 Å². The normalized spacial score (nSPS) is 31.3. The number of nitrogens with one attached hydrogen (secondary N) is 4. The van der Waals surface area contributed by atoms with Crippen molar-refractivity contribution in [2.24, 2.45) is 35.5 Å². The minimum atomic E-state index is -0.760. The number of Topliss-reactive ketones (excluding diaryl/α,β-unsaturated/α-hetero) is 1. The number of aromatic nitrogens is 4. The number of rotatable bonds is 10. The van der Waals surface area contributed by atoms with Gasteiger partial charge >= 0.3 is 12.2 Å². The van der Waals surface area contributed by atoms with E-state index in [1.54, 1.807) is 6.20 Å². The molecule has 2 aromatic heterocycles. The van der Waals surface area contributed by atoms with Crippen molar-refractivity contribution in [1.29, 1.82) is 0 Å². The molecule has 8 rings (SSSR count). The van der Waals surface area contributed by atoms with Gasteiger partial charge in [0, 0.05) is 41.4 Å². The molecule has 1 saturated carbocycles. The lowest BCUT2D eigenvalue weighted by atomic mass is 9.76. The molecule has 1 aliphatic carbocycles. The van der Waals surface area contributed by atoms with Gasteiger partial charge in [-0.25, -0.2) is 19.6 Å². The Morgan fingerprint density at radius 1 is 0.691 bits per heavy atom. The molecular formula is C53H69N7O8. The van der Waals surface area contributed by atoms with Crippen molar-refractivity contribution in [2.75, 3.05) is 14.2 Å². The summed E-state index contributed by atoms with van der Waals surface area (Å²) in [4.78, 5) is 73.0. The highest BCUT2D eigenvalue weighted by Crippen LogP contribution is 2.48. The van der Waals surface area contributed by atoms with Crippen LogP contribution in [0.15, 0.2) is 48.8 Å². The number of hydrogen-bond acceptors (Lipinski definition) is 10. The van der Waals surface area contributed by atoms with Gasteiger partial charge in [-0.2, -0.15) is 0 Å². The van der Waals surface area contributed by atoms with Gasteiger partial charge in [-0.15, -0.1) is 0 Å². The Morgan fingerprint density at radius 2 is 1.28 bits per heavy atom. The fourth-order valence-electron chi connectivity index (χ4n) is 11.9. The largest absolute Gasteiger partial charge is 0.453 e. The van der Waals surface area contributed by atoms with Gasteiger partial charge in [0.05, 0.1) is 56.4 Å². The number of likely N-dealkylation sites (tertiary alicyclic amines) is 1. The van der Waals surface area contributed by atoms with Crippen LogP contribution in [-0.2, 0) is 28.5 Å². The summed E-state index contributed by atoms with van der Waals surface area (Å²) >= 11 is 0. The maximum Gasteiger partial charge on any atom is 0.407 e. The molecule has 3 aliphatic heterocycles. The molecule has 2 aromatic carbocycles. The molecule has 4 N–H and O–H groups in total. The molecule has 4 aliphatic rings. The summed E-state index contributed by atoms with van der Waals surface area (Å²) in [6.07, 6.45) is 6.55. The fraction of sp³-hybridized carbons (Fsp3) is 0.585. The number of carbonyl (C=O) groups is 4. The monoisotopic (exact) mass is 932 g/mol. The van der Waals surface area contributed by atoms with Crippen LogP contribution in [0.3, 0.4) is 0 Å². The van der Waals surface area contributed by atoms with Gasteiger partial charge in [0.2, 0.25) is 5.91 Å². The summed E-state index contributed by atoms with van der Waals surface area (Å²) in [5, 5.41) is 7.86. The van der Waals surface area contributed by atoms with E-state index in [1.165, 1.54) is 14.2 Å². The SMILES string of the molecule is COC(=O)NC(C(=O)C1[C@H](c2nc(-c3ccc4cc(C#Cc5c[nH]c([C@@H]6C[C@@H](C)[C@@H](C)N6C(=O)C(NC(=O)OC)[C@H]6C[C@@H](C)O[C@@H](C)C6)n5)ccc4c3)c[nH]2)C[C@@H](C)[C@H]1C)[C@H]1C[C@@H](C)O[C@@H](C)C1. The lowest BCUT2D eigenvalue weighted by Crippen LogP contribution is -2.55. The highest BCUT2D eigenvalue weighted by molar-refractivity contribution is 5.91. The molecule has 4 fully saturated rings. The second-order valence-corrected chi connectivity index (χ2v) is 20.4. The molecule has 15 heteroatoms. The first-order valence-electron chi connectivity index (χ1n) is 24.5. The van der Waals surface area contributed by atoms with Crippen LogP contribution < -0.4 is 10.6 Å². The number of carbonyl (C=O) groups excluding carboxylic acids is 4. The number of ketones is 1. The molecule has 5 heterocycles. The average molecular weight is 932 g/mol. The Labute approximate surface area is 400 Å². The standard InChI is InChI=1S/C53H69N7O8/c1-27-17-42(45(33(27)7)48(61)46(58-52(63)65-9)39-19-29(3)67-30(4)20-39)49-55-26-43(57-49)38-15-14-36-23-35(11-13-37(36)24-38)12-16-41-25-54-50(56-41)44-18-28(2)34(8)60(44)51(62)47(59-53(64)66-10)40-21-31(5)68-32(6)22-40/h11,13-15,23-34,39-40,42,44-47H,17-22H2,1-10H3,(H,54,56)(H,55,57)(H,58,63)(H,59,64)/t27-,28-,29-,30+,31-,32+,33-,34-,39+,40+,42-,44+,45?,46?,47?/m1/s1. The van der Waals surface area contributed by atoms with Crippen LogP contribution in [0.5, 0.6) is 0 Å². The number of fused-ring (bicyclic) bond motifs is 1. The second-order valence-electron chi connectivity index (χ2n) is 20.4. The summed E-state index contributed by atoms with van der Waals surface area (Å²) < 4.78 is 21.9. The van der Waals surface area contributed by atoms with Crippen molar-refractivity contribution in [2.45, 2.75) is 148 Å². The van der Waals surface area contributed by atoms with Crippen LogP contribution in [-0.4, -0.2) is 105 Å². The maximum atomic E-state index is 14.7. The van der Waals surface area contributed by atoms with E-state index >= 15 is 0 Å². The van der Waals surface area contributed by atoms with Crippen molar-refractivity contribution in [3.05, 3.63) is 71.7 Å². The molecule has 0 bridgehead atoms. The molecule has 364 valence electrons. The van der Waals surface area contributed by atoms with E-state index < -0.39 is 24.3 Å². The Hall–Kier alpha value is -5.72. The molecule has 4 aromatic rings. The van der Waals surface area contributed by atoms with E-state index in [0.717, 1.165) is 46.3 Å². The zero-order valence-electron chi connectivity index (χ0n) is 41.1. The predicted octanol–water partition coefficient (Wildman–Crippen LogP) is 8.45. The van der Waals surface area contributed by atoms with E-state index in [1.807, 2.05) is 44.9 Å². The number of benzene rings is 2. The predicted molar refractivity (Wildman–Crippen MR) is 257 cm³/mol. The fourth-order valence-corrected chi connectivity index (χ4v) is 11.9. The molecule has 3 saturated heterocycles. The molecule has 3 unspecified atom stereocenters. The molecular weight excluding hydrogens is 863 g/mol. The zero-order valence-corrected chi connectivity index (χ0v) is 41.1. The number of hydrogen-bond donors (Lipinski definition) is 4. The van der Waals surface area contributed by atoms with E-state index in [4.69, 9.17) is 28.9 Å². The number of methoxy groups -OCH3 is 2. The summed E-state index contributed by atoms with van der Waals surface area (Å²) in [6.45, 7) is 16.6. The van der Waals surface area contributed by atoms with E-state index in [0.29, 0.717) is 37.2 Å². The first-order chi connectivity index (χ1) is 32.5. The van der Waals surface area contributed by atoms with E-state index in [9.17, 15) is 19.2 Å². The third kappa shape index (κ3) is 10.3. The first kappa shape index (κ1) is 48.7. The molecule has 68 heavy (non-hydrogen) atoms. The number of aromatic amines is 2. The number of ether oxygens (including phenoxy) is 4. The molecule has 3 amide bonds. The van der Waals surface area contributed by atoms with Gasteiger partial charge in [-0.05, 0) is 138 Å². The van der Waals surface area contributed by atoms with Gasteiger partial charge in [0.15, 0.2) is 5.78 Å². The Balaban J connectivity index is 0.972. The topological polar surface area (TPSA) is 190 Å². The molecule has 15 nitrogen and oxygen atoms in total. The number of alkyl carbamates (subject to hydrolysis) is 2. The minimum absolute atomic E-state index is 0.0161. The Bertz CT molecular complexity index is 2520. The lowest BCUT2D eigenvalue weighted by Gasteiger charge is -2.39. The Morgan fingerprint density at radius 3 is 1.93 bits per heavy atom. The summed E-state index contributed by atoms with van der Waals surface area (Å²) in [7, 11) is 2.64. The van der Waals surface area contributed by atoms with Crippen molar-refractivity contribution in [1.82, 2.24) is 35.5 Å². The number of amides is 3. The number of nitrogens with zero attached hydrogens (tertiary/aromatic N) is 3. The third-order valence-electron chi connectivity index (χ3n) is 15.5. The molecule has 0 radical (unpaired) electrons. The average Bonchev–Trinajstić information content (AvgIpc) is 4.11. The van der Waals surface area contributed by atoms with E-state index in [-0.39, 0.29) is 89.6 Å².